The van der Waals surface area contributed by atoms with Gasteiger partial charge in [0.05, 0.1) is 25.9 Å². The van der Waals surface area contributed by atoms with Crippen LogP contribution in [0.25, 0.3) is 0 Å². The number of hydrogen-bond acceptors (Lipinski definition) is 5. The molecule has 0 saturated carbocycles. The van der Waals surface area contributed by atoms with E-state index in [9.17, 15) is 0 Å². The Bertz CT molecular complexity index is 204. The van der Waals surface area contributed by atoms with E-state index in [4.69, 9.17) is 14.2 Å². The van der Waals surface area contributed by atoms with Crippen molar-refractivity contribution >= 4 is 0 Å². The predicted octanol–water partition coefficient (Wildman–Crippen LogP) is 0.0597. The maximum atomic E-state index is 5.50. The van der Waals surface area contributed by atoms with Gasteiger partial charge in [0.15, 0.2) is 0 Å². The molecule has 2 heterocycles. The second kappa shape index (κ2) is 7.28. The topological polar surface area (TPSA) is 43.0 Å². The monoisotopic (exact) mass is 244 g/mol. The number of hydrogen-bond donors (Lipinski definition) is 1. The van der Waals surface area contributed by atoms with Crippen molar-refractivity contribution in [3.8, 4) is 0 Å². The third kappa shape index (κ3) is 4.89. The zero-order valence-corrected chi connectivity index (χ0v) is 10.7. The van der Waals surface area contributed by atoms with Crippen LogP contribution in [0.4, 0.5) is 0 Å². The minimum absolute atomic E-state index is 0.316. The fraction of sp³-hybridized carbons (Fsp3) is 1.00. The third-order valence-corrected chi connectivity index (χ3v) is 3.30. The Labute approximate surface area is 103 Å². The molecule has 1 N–H and O–H groups in total. The normalized spacial score (nSPS) is 29.1. The molecule has 5 heteroatoms. The van der Waals surface area contributed by atoms with E-state index >= 15 is 0 Å². The molecular weight excluding hydrogens is 220 g/mol. The van der Waals surface area contributed by atoms with Gasteiger partial charge in [0.25, 0.3) is 0 Å². The van der Waals surface area contributed by atoms with Crippen LogP contribution >= 0.6 is 0 Å². The summed E-state index contributed by atoms with van der Waals surface area (Å²) in [4.78, 5) is 2.45. The summed E-state index contributed by atoms with van der Waals surface area (Å²) in [6, 6.07) is 0.500. The van der Waals surface area contributed by atoms with Crippen molar-refractivity contribution in [3.05, 3.63) is 0 Å². The lowest BCUT2D eigenvalue weighted by atomic mass is 10.2. The highest BCUT2D eigenvalue weighted by molar-refractivity contribution is 4.72. The summed E-state index contributed by atoms with van der Waals surface area (Å²) in [6.07, 6.45) is 1.31. The second-order valence-electron chi connectivity index (χ2n) is 4.83. The third-order valence-electron chi connectivity index (χ3n) is 3.30. The first-order valence-electron chi connectivity index (χ1n) is 6.57. The SMILES string of the molecule is CC(CN1CCOCC1)NCC1CCOCO1. The van der Waals surface area contributed by atoms with E-state index < -0.39 is 0 Å². The molecule has 2 atom stereocenters. The molecule has 0 aromatic rings. The number of ether oxygens (including phenoxy) is 3. The van der Waals surface area contributed by atoms with E-state index in [-0.39, 0.29) is 0 Å². The highest BCUT2D eigenvalue weighted by Gasteiger charge is 2.17. The Balaban J connectivity index is 1.57. The smallest absolute Gasteiger partial charge is 0.147 e. The molecule has 2 rings (SSSR count). The van der Waals surface area contributed by atoms with Crippen molar-refractivity contribution in [2.24, 2.45) is 0 Å². The fourth-order valence-corrected chi connectivity index (χ4v) is 2.23. The number of nitrogens with zero attached hydrogens (tertiary/aromatic N) is 1. The van der Waals surface area contributed by atoms with E-state index in [1.54, 1.807) is 0 Å². The van der Waals surface area contributed by atoms with E-state index in [0.29, 0.717) is 18.9 Å². The van der Waals surface area contributed by atoms with Crippen molar-refractivity contribution < 1.29 is 14.2 Å². The number of morpholine rings is 1. The van der Waals surface area contributed by atoms with E-state index in [1.807, 2.05) is 0 Å². The zero-order valence-electron chi connectivity index (χ0n) is 10.7. The van der Waals surface area contributed by atoms with Crippen LogP contribution in [0.1, 0.15) is 13.3 Å². The largest absolute Gasteiger partial charge is 0.379 e. The first kappa shape index (κ1) is 13.2. The molecule has 0 aromatic heterocycles. The Kier molecular flexibility index (Phi) is 5.67. The van der Waals surface area contributed by atoms with Gasteiger partial charge in [0.2, 0.25) is 0 Å². The van der Waals surface area contributed by atoms with Crippen LogP contribution < -0.4 is 5.32 Å². The second-order valence-corrected chi connectivity index (χ2v) is 4.83. The molecule has 0 aromatic carbocycles. The summed E-state index contributed by atoms with van der Waals surface area (Å²) >= 11 is 0. The Morgan fingerprint density at radius 3 is 2.76 bits per heavy atom. The van der Waals surface area contributed by atoms with Gasteiger partial charge in [-0.15, -0.1) is 0 Å². The molecule has 2 fully saturated rings. The van der Waals surface area contributed by atoms with Crippen molar-refractivity contribution in [1.82, 2.24) is 10.2 Å². The van der Waals surface area contributed by atoms with E-state index in [2.05, 4.69) is 17.1 Å². The first-order valence-corrected chi connectivity index (χ1v) is 6.57. The molecule has 2 saturated heterocycles. The summed E-state index contributed by atoms with van der Waals surface area (Å²) < 4.78 is 16.0. The standard InChI is InChI=1S/C12H24N2O3/c1-11(9-14-3-6-15-7-4-14)13-8-12-2-5-16-10-17-12/h11-13H,2-10H2,1H3. The number of rotatable bonds is 5. The highest BCUT2D eigenvalue weighted by atomic mass is 16.7. The summed E-state index contributed by atoms with van der Waals surface area (Å²) in [7, 11) is 0. The maximum absolute atomic E-state index is 5.50. The molecule has 100 valence electrons. The minimum atomic E-state index is 0.316. The van der Waals surface area contributed by atoms with Gasteiger partial charge in [-0.1, -0.05) is 0 Å². The molecule has 2 aliphatic heterocycles. The van der Waals surface area contributed by atoms with Crippen molar-refractivity contribution in [3.63, 3.8) is 0 Å². The van der Waals surface area contributed by atoms with Crippen molar-refractivity contribution in [2.45, 2.75) is 25.5 Å². The van der Waals surface area contributed by atoms with Crippen LogP contribution in [0.15, 0.2) is 0 Å². The van der Waals surface area contributed by atoms with Crippen LogP contribution in [0.3, 0.4) is 0 Å². The van der Waals surface area contributed by atoms with Crippen LogP contribution in [-0.4, -0.2) is 69.8 Å². The molecule has 0 radical (unpaired) electrons. The minimum Gasteiger partial charge on any atom is -0.379 e. The summed E-state index contributed by atoms with van der Waals surface area (Å²) in [5, 5.41) is 3.54. The summed E-state index contributed by atoms with van der Waals surface area (Å²) in [6.45, 7) is 9.37. The molecule has 2 unspecified atom stereocenters. The van der Waals surface area contributed by atoms with Crippen LogP contribution in [0.2, 0.25) is 0 Å². The average Bonchev–Trinajstić information content (AvgIpc) is 2.39. The quantitative estimate of drug-likeness (QED) is 0.741. The summed E-state index contributed by atoms with van der Waals surface area (Å²) in [5.41, 5.74) is 0. The maximum Gasteiger partial charge on any atom is 0.147 e. The Hall–Kier alpha value is -0.200. The molecule has 5 nitrogen and oxygen atoms in total. The molecule has 2 aliphatic rings. The Morgan fingerprint density at radius 2 is 2.06 bits per heavy atom. The van der Waals surface area contributed by atoms with Gasteiger partial charge in [0.1, 0.15) is 6.79 Å². The lowest BCUT2D eigenvalue weighted by molar-refractivity contribution is -0.137. The number of nitrogens with one attached hydrogen (secondary N) is 1. The fourth-order valence-electron chi connectivity index (χ4n) is 2.23. The average molecular weight is 244 g/mol. The predicted molar refractivity (Wildman–Crippen MR) is 65.0 cm³/mol. The molecule has 0 spiro atoms. The van der Waals surface area contributed by atoms with Gasteiger partial charge in [-0.3, -0.25) is 4.90 Å². The van der Waals surface area contributed by atoms with Gasteiger partial charge in [-0.2, -0.15) is 0 Å². The highest BCUT2D eigenvalue weighted by Crippen LogP contribution is 2.05. The molecule has 0 bridgehead atoms. The lowest BCUT2D eigenvalue weighted by Crippen LogP contribution is -2.46. The van der Waals surface area contributed by atoms with Gasteiger partial charge in [-0.05, 0) is 13.3 Å². The molecule has 17 heavy (non-hydrogen) atoms. The lowest BCUT2D eigenvalue weighted by Gasteiger charge is -2.30. The molecule has 0 amide bonds. The van der Waals surface area contributed by atoms with E-state index in [1.165, 1.54) is 0 Å². The molecule has 0 aliphatic carbocycles. The van der Waals surface area contributed by atoms with Crippen molar-refractivity contribution in [1.29, 1.82) is 0 Å². The van der Waals surface area contributed by atoms with Crippen LogP contribution in [0, 0.1) is 0 Å². The first-order chi connectivity index (χ1) is 8.34. The van der Waals surface area contributed by atoms with Gasteiger partial charge < -0.3 is 19.5 Å². The Morgan fingerprint density at radius 1 is 1.24 bits per heavy atom. The van der Waals surface area contributed by atoms with E-state index in [0.717, 1.165) is 52.4 Å². The molecular formula is C12H24N2O3. The summed E-state index contributed by atoms with van der Waals surface area (Å²) in [5.74, 6) is 0. The van der Waals surface area contributed by atoms with Gasteiger partial charge in [-0.25, -0.2) is 0 Å². The van der Waals surface area contributed by atoms with Gasteiger partial charge >= 0.3 is 0 Å². The zero-order chi connectivity index (χ0) is 11.9. The van der Waals surface area contributed by atoms with Crippen LogP contribution in [0.5, 0.6) is 0 Å². The van der Waals surface area contributed by atoms with Crippen molar-refractivity contribution in [2.75, 3.05) is 52.8 Å². The van der Waals surface area contributed by atoms with Gasteiger partial charge in [0, 0.05) is 32.2 Å². The van der Waals surface area contributed by atoms with Crippen LogP contribution in [-0.2, 0) is 14.2 Å².